The number of rotatable bonds is 6. The SMILES string of the molecule is Cc1cc(C)c(CC(=O)N(CCN(C)C)c2nc3ccc(F)cc3s2)c(C)c1.Cl. The Kier molecular flexibility index (Phi) is 7.74. The van der Waals surface area contributed by atoms with E-state index in [0.717, 1.165) is 27.9 Å². The second-order valence-electron chi connectivity index (χ2n) is 7.51. The third kappa shape index (κ3) is 5.53. The Morgan fingerprint density at radius 2 is 1.72 bits per heavy atom. The first-order chi connectivity index (χ1) is 13.2. The number of fused-ring (bicyclic) bond motifs is 1. The third-order valence-electron chi connectivity index (χ3n) is 4.81. The molecule has 7 heteroatoms. The number of hydrogen-bond acceptors (Lipinski definition) is 4. The molecule has 0 saturated heterocycles. The Morgan fingerprint density at radius 3 is 2.34 bits per heavy atom. The van der Waals surface area contributed by atoms with E-state index in [1.54, 1.807) is 11.0 Å². The number of hydrogen-bond donors (Lipinski definition) is 0. The average Bonchev–Trinajstić information content (AvgIpc) is 3.00. The van der Waals surface area contributed by atoms with Crippen LogP contribution >= 0.6 is 23.7 Å². The number of halogens is 2. The molecule has 3 aromatic rings. The lowest BCUT2D eigenvalue weighted by atomic mass is 9.97. The van der Waals surface area contributed by atoms with Crippen LogP contribution in [0, 0.1) is 26.6 Å². The Morgan fingerprint density at radius 1 is 1.07 bits per heavy atom. The van der Waals surface area contributed by atoms with Gasteiger partial charge in [-0.25, -0.2) is 9.37 Å². The van der Waals surface area contributed by atoms with Gasteiger partial charge in [0, 0.05) is 13.1 Å². The average molecular weight is 436 g/mol. The minimum absolute atomic E-state index is 0. The summed E-state index contributed by atoms with van der Waals surface area (Å²) >= 11 is 1.36. The summed E-state index contributed by atoms with van der Waals surface area (Å²) in [5.74, 6) is -0.281. The molecule has 4 nitrogen and oxygen atoms in total. The first kappa shape index (κ1) is 23.3. The van der Waals surface area contributed by atoms with Gasteiger partial charge in [0.25, 0.3) is 0 Å². The molecule has 1 amide bonds. The first-order valence-corrected chi connectivity index (χ1v) is 10.1. The molecule has 29 heavy (non-hydrogen) atoms. The molecular formula is C22H27ClFN3OS. The molecule has 0 atom stereocenters. The van der Waals surface area contributed by atoms with Crippen molar-refractivity contribution in [2.24, 2.45) is 0 Å². The molecule has 0 unspecified atom stereocenters. The fourth-order valence-electron chi connectivity index (χ4n) is 3.36. The highest BCUT2D eigenvalue weighted by atomic mass is 35.5. The van der Waals surface area contributed by atoms with Gasteiger partial charge in [-0.2, -0.15) is 0 Å². The predicted octanol–water partition coefficient (Wildman–Crippen LogP) is 4.92. The van der Waals surface area contributed by atoms with E-state index in [0.29, 0.717) is 23.6 Å². The third-order valence-corrected chi connectivity index (χ3v) is 5.85. The molecule has 0 N–H and O–H groups in total. The van der Waals surface area contributed by atoms with Crippen molar-refractivity contribution in [3.05, 3.63) is 58.4 Å². The first-order valence-electron chi connectivity index (χ1n) is 9.32. The monoisotopic (exact) mass is 435 g/mol. The number of carbonyl (C=O) groups is 1. The fraction of sp³-hybridized carbons (Fsp3) is 0.364. The summed E-state index contributed by atoms with van der Waals surface area (Å²) in [7, 11) is 3.95. The Balaban J connectivity index is 0.00000300. The lowest BCUT2D eigenvalue weighted by molar-refractivity contribution is -0.118. The lowest BCUT2D eigenvalue weighted by Gasteiger charge is -2.23. The number of aromatic nitrogens is 1. The largest absolute Gasteiger partial charge is 0.308 e. The van der Waals surface area contributed by atoms with Crippen molar-refractivity contribution in [3.8, 4) is 0 Å². The van der Waals surface area contributed by atoms with Crippen molar-refractivity contribution in [1.82, 2.24) is 9.88 Å². The van der Waals surface area contributed by atoms with Crippen molar-refractivity contribution in [1.29, 1.82) is 0 Å². The van der Waals surface area contributed by atoms with E-state index in [-0.39, 0.29) is 24.1 Å². The van der Waals surface area contributed by atoms with Gasteiger partial charge in [-0.05, 0) is 69.8 Å². The summed E-state index contributed by atoms with van der Waals surface area (Å²) in [6, 6.07) is 8.75. The summed E-state index contributed by atoms with van der Waals surface area (Å²) < 4.78 is 14.3. The standard InChI is InChI=1S/C22H26FN3OS.ClH/c1-14-10-15(2)18(16(3)11-14)13-21(27)26(9-8-25(4)5)22-24-19-7-6-17(23)12-20(19)28-22;/h6-7,10-12H,8-9,13H2,1-5H3;1H. The molecule has 0 aliphatic rings. The maximum absolute atomic E-state index is 13.6. The maximum atomic E-state index is 13.6. The van der Waals surface area contributed by atoms with Gasteiger partial charge in [0.15, 0.2) is 5.13 Å². The summed E-state index contributed by atoms with van der Waals surface area (Å²) in [4.78, 5) is 21.6. The smallest absolute Gasteiger partial charge is 0.233 e. The zero-order valence-corrected chi connectivity index (χ0v) is 19.1. The summed E-state index contributed by atoms with van der Waals surface area (Å²) in [5, 5.41) is 0.620. The molecule has 0 fully saturated rings. The zero-order valence-electron chi connectivity index (χ0n) is 17.5. The summed E-state index contributed by atoms with van der Waals surface area (Å²) in [5.41, 5.74) is 5.24. The zero-order chi connectivity index (χ0) is 20.4. The molecule has 0 spiro atoms. The number of likely N-dealkylation sites (N-methyl/N-ethyl adjacent to an activating group) is 1. The Labute approximate surface area is 181 Å². The molecule has 0 aliphatic carbocycles. The molecule has 0 aliphatic heterocycles. The highest BCUT2D eigenvalue weighted by molar-refractivity contribution is 7.22. The van der Waals surface area contributed by atoms with Gasteiger partial charge in [-0.1, -0.05) is 29.0 Å². The number of carbonyl (C=O) groups excluding carboxylic acids is 1. The number of thiazole rings is 1. The molecule has 2 aromatic carbocycles. The van der Waals surface area contributed by atoms with E-state index in [4.69, 9.17) is 0 Å². The topological polar surface area (TPSA) is 36.4 Å². The van der Waals surface area contributed by atoms with Crippen molar-refractivity contribution < 1.29 is 9.18 Å². The molecule has 3 rings (SSSR count). The van der Waals surface area contributed by atoms with E-state index >= 15 is 0 Å². The normalized spacial score (nSPS) is 11.0. The quantitative estimate of drug-likeness (QED) is 0.551. The van der Waals surface area contributed by atoms with E-state index < -0.39 is 0 Å². The van der Waals surface area contributed by atoms with Crippen molar-refractivity contribution in [2.45, 2.75) is 27.2 Å². The molecule has 0 bridgehead atoms. The Bertz CT molecular complexity index is 995. The van der Waals surface area contributed by atoms with Gasteiger partial charge >= 0.3 is 0 Å². The van der Waals surface area contributed by atoms with Gasteiger partial charge in [-0.15, -0.1) is 12.4 Å². The van der Waals surface area contributed by atoms with E-state index in [2.05, 4.69) is 24.0 Å². The molecule has 1 heterocycles. The van der Waals surface area contributed by atoms with Gasteiger partial charge in [0.1, 0.15) is 5.82 Å². The van der Waals surface area contributed by atoms with Crippen molar-refractivity contribution in [3.63, 3.8) is 0 Å². The van der Waals surface area contributed by atoms with Crippen LogP contribution in [0.4, 0.5) is 9.52 Å². The number of nitrogens with zero attached hydrogens (tertiary/aromatic N) is 3. The van der Waals surface area contributed by atoms with Crippen LogP contribution in [0.15, 0.2) is 30.3 Å². The highest BCUT2D eigenvalue weighted by Crippen LogP contribution is 2.30. The van der Waals surface area contributed by atoms with Crippen molar-refractivity contribution in [2.75, 3.05) is 32.1 Å². The number of benzene rings is 2. The second-order valence-corrected chi connectivity index (χ2v) is 8.52. The second kappa shape index (κ2) is 9.65. The Hall–Kier alpha value is -2.02. The van der Waals surface area contributed by atoms with Crippen LogP contribution in [0.3, 0.4) is 0 Å². The van der Waals surface area contributed by atoms with Crippen LogP contribution in [0.1, 0.15) is 22.3 Å². The van der Waals surface area contributed by atoms with Gasteiger partial charge < -0.3 is 4.90 Å². The highest BCUT2D eigenvalue weighted by Gasteiger charge is 2.21. The number of aryl methyl sites for hydroxylation is 3. The number of amides is 1. The fourth-order valence-corrected chi connectivity index (χ4v) is 4.40. The van der Waals surface area contributed by atoms with Crippen LogP contribution in [0.2, 0.25) is 0 Å². The van der Waals surface area contributed by atoms with Crippen LogP contribution in [-0.2, 0) is 11.2 Å². The van der Waals surface area contributed by atoms with Gasteiger partial charge in [0.05, 0.1) is 16.6 Å². The molecule has 0 saturated carbocycles. The van der Waals surface area contributed by atoms with Crippen molar-refractivity contribution >= 4 is 45.0 Å². The maximum Gasteiger partial charge on any atom is 0.233 e. The van der Waals surface area contributed by atoms with Gasteiger partial charge in [-0.3, -0.25) is 9.69 Å². The lowest BCUT2D eigenvalue weighted by Crippen LogP contribution is -2.37. The van der Waals surface area contributed by atoms with E-state index in [9.17, 15) is 9.18 Å². The van der Waals surface area contributed by atoms with Crippen LogP contribution in [0.25, 0.3) is 10.2 Å². The van der Waals surface area contributed by atoms with Crippen LogP contribution < -0.4 is 4.90 Å². The molecule has 156 valence electrons. The summed E-state index contributed by atoms with van der Waals surface area (Å²) in [6.07, 6.45) is 0.329. The van der Waals surface area contributed by atoms with E-state index in [1.807, 2.05) is 32.8 Å². The number of anilines is 1. The van der Waals surface area contributed by atoms with E-state index in [1.165, 1.54) is 29.0 Å². The molecular weight excluding hydrogens is 409 g/mol. The predicted molar refractivity (Wildman–Crippen MR) is 122 cm³/mol. The van der Waals surface area contributed by atoms with Gasteiger partial charge in [0.2, 0.25) is 5.91 Å². The minimum Gasteiger partial charge on any atom is -0.308 e. The van der Waals surface area contributed by atoms with Crippen LogP contribution in [0.5, 0.6) is 0 Å². The molecule has 1 aromatic heterocycles. The summed E-state index contributed by atoms with van der Waals surface area (Å²) in [6.45, 7) is 7.43. The molecule has 0 radical (unpaired) electrons. The minimum atomic E-state index is -0.292. The van der Waals surface area contributed by atoms with Crippen LogP contribution in [-0.4, -0.2) is 43.0 Å².